The van der Waals surface area contributed by atoms with Gasteiger partial charge in [0.1, 0.15) is 5.75 Å². The minimum absolute atomic E-state index is 0.297. The molecule has 23 heavy (non-hydrogen) atoms. The van der Waals surface area contributed by atoms with Gasteiger partial charge in [-0.05, 0) is 37.3 Å². The SMILES string of the molecule is CCn1c(=NC(=O)c2cccc(OC)c2)sc2cccc(Cl)c21. The molecule has 0 fully saturated rings. The lowest BCUT2D eigenvalue weighted by molar-refractivity contribution is 0.0997. The average Bonchev–Trinajstić information content (AvgIpc) is 2.93. The van der Waals surface area contributed by atoms with Gasteiger partial charge in [-0.1, -0.05) is 35.1 Å². The van der Waals surface area contributed by atoms with Gasteiger partial charge in [0.15, 0.2) is 4.80 Å². The molecule has 0 aliphatic carbocycles. The van der Waals surface area contributed by atoms with Crippen LogP contribution in [0.2, 0.25) is 5.02 Å². The second kappa shape index (κ2) is 6.56. The molecule has 6 heteroatoms. The van der Waals surface area contributed by atoms with Crippen LogP contribution in [0.25, 0.3) is 10.2 Å². The van der Waals surface area contributed by atoms with Gasteiger partial charge in [-0.15, -0.1) is 0 Å². The van der Waals surface area contributed by atoms with Crippen LogP contribution in [0.15, 0.2) is 47.5 Å². The topological polar surface area (TPSA) is 43.6 Å². The number of hydrogen-bond donors (Lipinski definition) is 0. The fourth-order valence-corrected chi connectivity index (χ4v) is 3.82. The Bertz CT molecular complexity index is 943. The first kappa shape index (κ1) is 15.8. The zero-order chi connectivity index (χ0) is 16.4. The summed E-state index contributed by atoms with van der Waals surface area (Å²) in [5.41, 5.74) is 1.41. The predicted molar refractivity (Wildman–Crippen MR) is 93.4 cm³/mol. The molecule has 0 aliphatic heterocycles. The number of ether oxygens (including phenoxy) is 1. The molecule has 0 atom stereocenters. The Morgan fingerprint density at radius 1 is 1.30 bits per heavy atom. The third-order valence-electron chi connectivity index (χ3n) is 3.48. The van der Waals surface area contributed by atoms with E-state index in [4.69, 9.17) is 16.3 Å². The molecule has 0 saturated carbocycles. The summed E-state index contributed by atoms with van der Waals surface area (Å²) in [7, 11) is 1.57. The molecule has 0 bridgehead atoms. The molecule has 3 aromatic rings. The van der Waals surface area contributed by atoms with E-state index in [0.717, 1.165) is 10.2 Å². The van der Waals surface area contributed by atoms with Gasteiger partial charge in [0.25, 0.3) is 5.91 Å². The van der Waals surface area contributed by atoms with Crippen molar-refractivity contribution in [3.05, 3.63) is 57.9 Å². The maximum Gasteiger partial charge on any atom is 0.279 e. The Labute approximate surface area is 142 Å². The van der Waals surface area contributed by atoms with Crippen molar-refractivity contribution in [2.24, 2.45) is 4.99 Å². The molecule has 0 aliphatic rings. The highest BCUT2D eigenvalue weighted by Gasteiger charge is 2.11. The van der Waals surface area contributed by atoms with Crippen molar-refractivity contribution in [2.45, 2.75) is 13.5 Å². The second-order valence-electron chi connectivity index (χ2n) is 4.86. The molecule has 0 unspecified atom stereocenters. The van der Waals surface area contributed by atoms with E-state index in [2.05, 4.69) is 4.99 Å². The third-order valence-corrected chi connectivity index (χ3v) is 4.83. The fraction of sp³-hybridized carbons (Fsp3) is 0.176. The Hall–Kier alpha value is -2.11. The first-order chi connectivity index (χ1) is 11.1. The third kappa shape index (κ3) is 3.02. The summed E-state index contributed by atoms with van der Waals surface area (Å²) >= 11 is 7.75. The van der Waals surface area contributed by atoms with E-state index in [1.165, 1.54) is 11.3 Å². The number of thiazole rings is 1. The van der Waals surface area contributed by atoms with Crippen molar-refractivity contribution < 1.29 is 9.53 Å². The van der Waals surface area contributed by atoms with Gasteiger partial charge in [-0.2, -0.15) is 4.99 Å². The first-order valence-electron chi connectivity index (χ1n) is 7.15. The largest absolute Gasteiger partial charge is 0.497 e. The summed E-state index contributed by atoms with van der Waals surface area (Å²) in [6.07, 6.45) is 0. The highest BCUT2D eigenvalue weighted by molar-refractivity contribution is 7.16. The number of para-hydroxylation sites is 1. The summed E-state index contributed by atoms with van der Waals surface area (Å²) in [4.78, 5) is 17.4. The lowest BCUT2D eigenvalue weighted by Crippen LogP contribution is -2.16. The number of carbonyl (C=O) groups is 1. The zero-order valence-corrected chi connectivity index (χ0v) is 14.3. The second-order valence-corrected chi connectivity index (χ2v) is 6.28. The zero-order valence-electron chi connectivity index (χ0n) is 12.7. The van der Waals surface area contributed by atoms with Gasteiger partial charge < -0.3 is 9.30 Å². The number of halogens is 1. The smallest absolute Gasteiger partial charge is 0.279 e. The Kier molecular flexibility index (Phi) is 4.50. The van der Waals surface area contributed by atoms with Crippen molar-refractivity contribution in [1.29, 1.82) is 0 Å². The minimum atomic E-state index is -0.297. The number of aryl methyl sites for hydroxylation is 1. The van der Waals surface area contributed by atoms with Gasteiger partial charge in [0.2, 0.25) is 0 Å². The minimum Gasteiger partial charge on any atom is -0.497 e. The van der Waals surface area contributed by atoms with E-state index in [1.54, 1.807) is 31.4 Å². The molecule has 4 nitrogen and oxygen atoms in total. The summed E-state index contributed by atoms with van der Waals surface area (Å²) in [6.45, 7) is 2.69. The Balaban J connectivity index is 2.13. The van der Waals surface area contributed by atoms with Crippen LogP contribution in [-0.2, 0) is 6.54 Å². The lowest BCUT2D eigenvalue weighted by Gasteiger charge is -2.02. The van der Waals surface area contributed by atoms with E-state index < -0.39 is 0 Å². The van der Waals surface area contributed by atoms with Gasteiger partial charge >= 0.3 is 0 Å². The van der Waals surface area contributed by atoms with Gasteiger partial charge in [0.05, 0.1) is 22.3 Å². The van der Waals surface area contributed by atoms with Gasteiger partial charge in [0, 0.05) is 12.1 Å². The van der Waals surface area contributed by atoms with E-state index >= 15 is 0 Å². The maximum absolute atomic E-state index is 12.5. The highest BCUT2D eigenvalue weighted by atomic mass is 35.5. The van der Waals surface area contributed by atoms with Crippen molar-refractivity contribution >= 4 is 39.1 Å². The molecule has 1 amide bonds. The molecule has 0 radical (unpaired) electrons. The van der Waals surface area contributed by atoms with Gasteiger partial charge in [-0.25, -0.2) is 0 Å². The fourth-order valence-electron chi connectivity index (χ4n) is 2.37. The van der Waals surface area contributed by atoms with Crippen LogP contribution in [0.1, 0.15) is 17.3 Å². The number of nitrogens with zero attached hydrogens (tertiary/aromatic N) is 2. The van der Waals surface area contributed by atoms with Crippen LogP contribution >= 0.6 is 22.9 Å². The monoisotopic (exact) mass is 346 g/mol. The summed E-state index contributed by atoms with van der Waals surface area (Å²) in [6, 6.07) is 12.7. The molecule has 1 heterocycles. The molecule has 0 spiro atoms. The first-order valence-corrected chi connectivity index (χ1v) is 8.34. The van der Waals surface area contributed by atoms with Crippen LogP contribution in [0.5, 0.6) is 5.75 Å². The molecule has 1 aromatic heterocycles. The Morgan fingerprint density at radius 3 is 2.83 bits per heavy atom. The predicted octanol–water partition coefficient (Wildman–Crippen LogP) is 4.13. The number of carbonyl (C=O) groups excluding carboxylic acids is 1. The molecule has 118 valence electrons. The average molecular weight is 347 g/mol. The van der Waals surface area contributed by atoms with Crippen molar-refractivity contribution in [2.75, 3.05) is 7.11 Å². The number of methoxy groups -OCH3 is 1. The van der Waals surface area contributed by atoms with Crippen molar-refractivity contribution in [3.8, 4) is 5.75 Å². The highest BCUT2D eigenvalue weighted by Crippen LogP contribution is 2.25. The van der Waals surface area contributed by atoms with Crippen LogP contribution in [0.3, 0.4) is 0 Å². The van der Waals surface area contributed by atoms with Crippen LogP contribution in [0, 0.1) is 0 Å². The van der Waals surface area contributed by atoms with Crippen LogP contribution < -0.4 is 9.54 Å². The van der Waals surface area contributed by atoms with Gasteiger partial charge in [-0.3, -0.25) is 4.79 Å². The molecule has 0 N–H and O–H groups in total. The normalized spacial score (nSPS) is 11.9. The van der Waals surface area contributed by atoms with Crippen LogP contribution in [0.4, 0.5) is 0 Å². The van der Waals surface area contributed by atoms with E-state index in [-0.39, 0.29) is 5.91 Å². The maximum atomic E-state index is 12.5. The summed E-state index contributed by atoms with van der Waals surface area (Å²) < 4.78 is 8.12. The van der Waals surface area contributed by atoms with Crippen molar-refractivity contribution in [3.63, 3.8) is 0 Å². The summed E-state index contributed by atoms with van der Waals surface area (Å²) in [5, 5.41) is 0.663. The number of aromatic nitrogens is 1. The summed E-state index contributed by atoms with van der Waals surface area (Å²) in [5.74, 6) is 0.336. The number of amides is 1. The van der Waals surface area contributed by atoms with E-state index in [1.807, 2.05) is 29.7 Å². The molecule has 2 aromatic carbocycles. The number of hydrogen-bond acceptors (Lipinski definition) is 3. The lowest BCUT2D eigenvalue weighted by atomic mass is 10.2. The van der Waals surface area contributed by atoms with Crippen LogP contribution in [-0.4, -0.2) is 17.6 Å². The molecule has 3 rings (SSSR count). The van der Waals surface area contributed by atoms with E-state index in [9.17, 15) is 4.79 Å². The number of fused-ring (bicyclic) bond motifs is 1. The quantitative estimate of drug-likeness (QED) is 0.715. The molecular formula is C17H15ClN2O2S. The Morgan fingerprint density at radius 2 is 2.09 bits per heavy atom. The standard InChI is InChI=1S/C17H15ClN2O2S/c1-3-20-15-13(18)8-5-9-14(15)23-17(20)19-16(21)11-6-4-7-12(10-11)22-2/h4-10H,3H2,1-2H3. The number of benzene rings is 2. The van der Waals surface area contributed by atoms with E-state index in [0.29, 0.717) is 27.7 Å². The molecule has 0 saturated heterocycles. The number of rotatable bonds is 3. The van der Waals surface area contributed by atoms with Crippen molar-refractivity contribution in [1.82, 2.24) is 4.57 Å². The molecular weight excluding hydrogens is 332 g/mol.